The van der Waals surface area contributed by atoms with E-state index in [1.54, 1.807) is 0 Å². The van der Waals surface area contributed by atoms with Crippen molar-refractivity contribution in [2.75, 3.05) is 25.0 Å². The Morgan fingerprint density at radius 3 is 2.36 bits per heavy atom. The fraction of sp³-hybridized carbons (Fsp3) is 0.391. The molecule has 0 radical (unpaired) electrons. The van der Waals surface area contributed by atoms with Crippen molar-refractivity contribution in [2.45, 2.75) is 31.7 Å². The molecule has 2 N–H and O–H groups in total. The molecule has 2 heterocycles. The number of nitrogens with one attached hydrogen (secondary N) is 2. The molecule has 146 valence electrons. The smallest absolute Gasteiger partial charge is 0.254 e. The van der Waals surface area contributed by atoms with E-state index in [-0.39, 0.29) is 23.8 Å². The second-order valence-electron chi connectivity index (χ2n) is 7.66. The molecule has 28 heavy (non-hydrogen) atoms. The van der Waals surface area contributed by atoms with Gasteiger partial charge in [0, 0.05) is 23.7 Å². The maximum atomic E-state index is 13.0. The average Bonchev–Trinajstić information content (AvgIpc) is 3.25. The van der Waals surface area contributed by atoms with Crippen LogP contribution in [0.4, 0.5) is 5.69 Å². The summed E-state index contributed by atoms with van der Waals surface area (Å²) in [5.41, 5.74) is 2.61. The van der Waals surface area contributed by atoms with Crippen LogP contribution >= 0.6 is 0 Å². The summed E-state index contributed by atoms with van der Waals surface area (Å²) < 4.78 is 0. The summed E-state index contributed by atoms with van der Waals surface area (Å²) in [4.78, 5) is 27.4. The van der Waals surface area contributed by atoms with Crippen LogP contribution in [0.25, 0.3) is 0 Å². The van der Waals surface area contributed by atoms with E-state index in [2.05, 4.69) is 22.8 Å². The summed E-state index contributed by atoms with van der Waals surface area (Å²) in [6.45, 7) is 2.57. The van der Waals surface area contributed by atoms with Crippen LogP contribution in [0.1, 0.15) is 47.6 Å². The Labute approximate surface area is 166 Å². The number of nitrogens with zero attached hydrogens (tertiary/aromatic N) is 1. The first kappa shape index (κ1) is 18.7. The maximum Gasteiger partial charge on any atom is 0.254 e. The van der Waals surface area contributed by atoms with E-state index >= 15 is 0 Å². The second-order valence-corrected chi connectivity index (χ2v) is 7.66. The second kappa shape index (κ2) is 8.57. The molecule has 1 atom stereocenters. The van der Waals surface area contributed by atoms with Crippen LogP contribution in [-0.2, 0) is 4.79 Å². The minimum atomic E-state index is 0.0579. The molecular formula is C23H27N3O2. The first-order valence-corrected chi connectivity index (χ1v) is 10.2. The Hall–Kier alpha value is -2.66. The van der Waals surface area contributed by atoms with E-state index in [1.165, 1.54) is 5.56 Å². The van der Waals surface area contributed by atoms with E-state index in [1.807, 2.05) is 47.4 Å². The van der Waals surface area contributed by atoms with Crippen molar-refractivity contribution >= 4 is 17.5 Å². The third kappa shape index (κ3) is 4.09. The number of rotatable bonds is 4. The highest BCUT2D eigenvalue weighted by Crippen LogP contribution is 2.33. The van der Waals surface area contributed by atoms with Gasteiger partial charge in [0.25, 0.3) is 5.91 Å². The fourth-order valence-corrected chi connectivity index (χ4v) is 4.22. The van der Waals surface area contributed by atoms with E-state index in [9.17, 15) is 9.59 Å². The van der Waals surface area contributed by atoms with Crippen molar-refractivity contribution in [3.05, 3.63) is 65.7 Å². The SMILES string of the molecule is O=C(Nc1ccc(C(=O)N2CCCC2c2ccccc2)cc1)C1CCNCC1. The van der Waals surface area contributed by atoms with Crippen LogP contribution in [0.3, 0.4) is 0 Å². The van der Waals surface area contributed by atoms with Crippen LogP contribution in [-0.4, -0.2) is 36.3 Å². The number of carbonyl (C=O) groups excluding carboxylic acids is 2. The van der Waals surface area contributed by atoms with Gasteiger partial charge in [0.05, 0.1) is 6.04 Å². The van der Waals surface area contributed by atoms with Crippen LogP contribution in [0.2, 0.25) is 0 Å². The van der Waals surface area contributed by atoms with Gasteiger partial charge in [-0.3, -0.25) is 9.59 Å². The summed E-state index contributed by atoms with van der Waals surface area (Å²) in [5, 5.41) is 6.26. The molecule has 5 heteroatoms. The highest BCUT2D eigenvalue weighted by Gasteiger charge is 2.30. The zero-order valence-electron chi connectivity index (χ0n) is 16.1. The summed E-state index contributed by atoms with van der Waals surface area (Å²) in [5.74, 6) is 0.200. The summed E-state index contributed by atoms with van der Waals surface area (Å²) in [6, 6.07) is 17.7. The van der Waals surface area contributed by atoms with Crippen molar-refractivity contribution < 1.29 is 9.59 Å². The lowest BCUT2D eigenvalue weighted by molar-refractivity contribution is -0.120. The molecule has 2 saturated heterocycles. The molecule has 2 aromatic rings. The van der Waals surface area contributed by atoms with Gasteiger partial charge in [-0.15, -0.1) is 0 Å². The molecule has 1 unspecified atom stereocenters. The topological polar surface area (TPSA) is 61.4 Å². The molecule has 2 aliphatic heterocycles. The molecule has 2 aromatic carbocycles. The third-order valence-corrected chi connectivity index (χ3v) is 5.81. The number of anilines is 1. The predicted molar refractivity (Wildman–Crippen MR) is 110 cm³/mol. The van der Waals surface area contributed by atoms with Gasteiger partial charge in [-0.1, -0.05) is 30.3 Å². The van der Waals surface area contributed by atoms with E-state index in [4.69, 9.17) is 0 Å². The van der Waals surface area contributed by atoms with Crippen LogP contribution in [0.15, 0.2) is 54.6 Å². The molecule has 2 amide bonds. The highest BCUT2D eigenvalue weighted by molar-refractivity contribution is 5.96. The molecule has 4 rings (SSSR count). The third-order valence-electron chi connectivity index (χ3n) is 5.81. The Morgan fingerprint density at radius 1 is 0.929 bits per heavy atom. The molecular weight excluding hydrogens is 350 g/mol. The lowest BCUT2D eigenvalue weighted by atomic mass is 9.97. The minimum absolute atomic E-state index is 0.0579. The highest BCUT2D eigenvalue weighted by atomic mass is 16.2. The van der Waals surface area contributed by atoms with Gasteiger partial charge in [0.2, 0.25) is 5.91 Å². The van der Waals surface area contributed by atoms with Gasteiger partial charge in [-0.25, -0.2) is 0 Å². The Bertz CT molecular complexity index is 814. The van der Waals surface area contributed by atoms with Crippen LogP contribution < -0.4 is 10.6 Å². The average molecular weight is 377 g/mol. The number of amides is 2. The van der Waals surface area contributed by atoms with E-state index < -0.39 is 0 Å². The molecule has 0 saturated carbocycles. The van der Waals surface area contributed by atoms with Gasteiger partial charge in [-0.05, 0) is 68.6 Å². The first-order chi connectivity index (χ1) is 13.7. The predicted octanol–water partition coefficient (Wildman–Crippen LogP) is 3.60. The number of piperidine rings is 1. The fourth-order valence-electron chi connectivity index (χ4n) is 4.22. The maximum absolute atomic E-state index is 13.0. The largest absolute Gasteiger partial charge is 0.332 e. The zero-order valence-corrected chi connectivity index (χ0v) is 16.1. The van der Waals surface area contributed by atoms with Gasteiger partial charge in [0.15, 0.2) is 0 Å². The monoisotopic (exact) mass is 377 g/mol. The molecule has 0 bridgehead atoms. The summed E-state index contributed by atoms with van der Waals surface area (Å²) in [7, 11) is 0. The lowest BCUT2D eigenvalue weighted by Gasteiger charge is -2.25. The molecule has 2 aliphatic rings. The van der Waals surface area contributed by atoms with Gasteiger partial charge in [-0.2, -0.15) is 0 Å². The van der Waals surface area contributed by atoms with Gasteiger partial charge < -0.3 is 15.5 Å². The van der Waals surface area contributed by atoms with Gasteiger partial charge in [0.1, 0.15) is 0 Å². The summed E-state index contributed by atoms with van der Waals surface area (Å²) in [6.07, 6.45) is 3.77. The van der Waals surface area contributed by atoms with Crippen LogP contribution in [0.5, 0.6) is 0 Å². The summed E-state index contributed by atoms with van der Waals surface area (Å²) >= 11 is 0. The number of hydrogen-bond acceptors (Lipinski definition) is 3. The van der Waals surface area contributed by atoms with E-state index in [0.717, 1.165) is 51.0 Å². The molecule has 0 aromatic heterocycles. The van der Waals surface area contributed by atoms with Crippen molar-refractivity contribution in [2.24, 2.45) is 5.92 Å². The molecule has 5 nitrogen and oxygen atoms in total. The Morgan fingerprint density at radius 2 is 1.64 bits per heavy atom. The van der Waals surface area contributed by atoms with Crippen molar-refractivity contribution in [3.63, 3.8) is 0 Å². The lowest BCUT2D eigenvalue weighted by Crippen LogP contribution is -2.34. The zero-order chi connectivity index (χ0) is 19.3. The normalized spacial score (nSPS) is 20.1. The molecule has 2 fully saturated rings. The van der Waals surface area contributed by atoms with Crippen LogP contribution in [0, 0.1) is 5.92 Å². The number of carbonyl (C=O) groups is 2. The van der Waals surface area contributed by atoms with Crippen molar-refractivity contribution in [1.29, 1.82) is 0 Å². The Balaban J connectivity index is 1.41. The van der Waals surface area contributed by atoms with E-state index in [0.29, 0.717) is 5.56 Å². The minimum Gasteiger partial charge on any atom is -0.332 e. The van der Waals surface area contributed by atoms with Crippen molar-refractivity contribution in [3.8, 4) is 0 Å². The van der Waals surface area contributed by atoms with Crippen molar-refractivity contribution in [1.82, 2.24) is 10.2 Å². The quantitative estimate of drug-likeness (QED) is 0.856. The van der Waals surface area contributed by atoms with Gasteiger partial charge >= 0.3 is 0 Å². The standard InChI is InChI=1S/C23H27N3O2/c27-22(18-12-14-24-15-13-18)25-20-10-8-19(9-11-20)23(28)26-16-4-7-21(26)17-5-2-1-3-6-17/h1-3,5-6,8-11,18,21,24H,4,7,12-16H2,(H,25,27). The number of hydrogen-bond donors (Lipinski definition) is 2. The number of benzene rings is 2. The first-order valence-electron chi connectivity index (χ1n) is 10.2. The molecule has 0 aliphatic carbocycles. The number of likely N-dealkylation sites (tertiary alicyclic amines) is 1. The Kier molecular flexibility index (Phi) is 5.72. The molecule has 0 spiro atoms.